The number of hydrogen-bond donors (Lipinski definition) is 1. The summed E-state index contributed by atoms with van der Waals surface area (Å²) < 4.78 is 1.30. The molecule has 3 aliphatic rings. The van der Waals surface area contributed by atoms with Crippen molar-refractivity contribution in [1.82, 2.24) is 15.1 Å². The summed E-state index contributed by atoms with van der Waals surface area (Å²) in [5.74, 6) is 0.586. The summed E-state index contributed by atoms with van der Waals surface area (Å²) in [5, 5.41) is 16.2. The van der Waals surface area contributed by atoms with Gasteiger partial charge in [-0.1, -0.05) is 30.3 Å². The summed E-state index contributed by atoms with van der Waals surface area (Å²) in [7, 11) is 0. The van der Waals surface area contributed by atoms with E-state index in [1.165, 1.54) is 56.0 Å². The lowest BCUT2D eigenvalue weighted by molar-refractivity contribution is -0.939. The van der Waals surface area contributed by atoms with Crippen LogP contribution in [0.2, 0.25) is 0 Å². The second-order valence-corrected chi connectivity index (χ2v) is 9.33. The van der Waals surface area contributed by atoms with Crippen molar-refractivity contribution < 1.29 is 4.48 Å². The number of aryl methyl sites for hydroxylation is 1. The van der Waals surface area contributed by atoms with Crippen molar-refractivity contribution in [2.45, 2.75) is 13.8 Å². The number of quaternary nitrogens is 1. The molecule has 3 saturated heterocycles. The fourth-order valence-electron chi connectivity index (χ4n) is 5.05. The second-order valence-electron chi connectivity index (χ2n) is 9.33. The van der Waals surface area contributed by atoms with Gasteiger partial charge in [-0.3, -0.25) is 10.00 Å². The van der Waals surface area contributed by atoms with Crippen LogP contribution in [0.4, 0.5) is 17.2 Å². The Morgan fingerprint density at radius 1 is 1.00 bits per heavy atom. The van der Waals surface area contributed by atoms with Crippen molar-refractivity contribution in [2.24, 2.45) is 10.2 Å². The summed E-state index contributed by atoms with van der Waals surface area (Å²) in [6.45, 7) is 15.5. The maximum atomic E-state index is 4.47. The van der Waals surface area contributed by atoms with Gasteiger partial charge < -0.3 is 9.38 Å². The molecule has 0 atom stereocenters. The molecule has 7 nitrogen and oxygen atoms in total. The first-order valence-electron chi connectivity index (χ1n) is 12.1. The lowest BCUT2D eigenvalue weighted by atomic mass is 10.1. The average molecular weight is 445 g/mol. The zero-order valence-electron chi connectivity index (χ0n) is 19.7. The molecule has 6 rings (SSSR count). The zero-order chi connectivity index (χ0) is 22.7. The van der Waals surface area contributed by atoms with Crippen molar-refractivity contribution in [3.8, 4) is 11.3 Å². The molecule has 0 amide bonds. The predicted octanol–water partition coefficient (Wildman–Crippen LogP) is 4.77. The molecule has 3 aromatic rings. The minimum atomic E-state index is 0.586. The summed E-state index contributed by atoms with van der Waals surface area (Å²) >= 11 is 0. The molecule has 2 aromatic carbocycles. The number of H-pyrrole nitrogens is 1. The minimum absolute atomic E-state index is 0.586. The Morgan fingerprint density at radius 2 is 1.76 bits per heavy atom. The largest absolute Gasteiger partial charge is 0.366 e. The molecule has 0 unspecified atom stereocenters. The molecule has 0 radical (unpaired) electrons. The van der Waals surface area contributed by atoms with Crippen LogP contribution in [0.5, 0.6) is 0 Å². The Morgan fingerprint density at radius 3 is 2.45 bits per heavy atom. The number of nitrogens with one attached hydrogen (secondary N) is 1. The number of likely N-dealkylation sites (N-methyl/N-ethyl adjacent to an activating group) is 1. The van der Waals surface area contributed by atoms with Gasteiger partial charge in [0.1, 0.15) is 0 Å². The number of rotatable bonds is 8. The first-order chi connectivity index (χ1) is 16.1. The molecule has 2 bridgehead atoms. The van der Waals surface area contributed by atoms with Crippen LogP contribution >= 0.6 is 0 Å². The van der Waals surface area contributed by atoms with Gasteiger partial charge in [-0.15, -0.1) is 10.2 Å². The Kier molecular flexibility index (Phi) is 6.24. The van der Waals surface area contributed by atoms with Crippen LogP contribution < -0.4 is 4.90 Å². The van der Waals surface area contributed by atoms with E-state index >= 15 is 0 Å². The van der Waals surface area contributed by atoms with Gasteiger partial charge in [0.2, 0.25) is 0 Å². The molecule has 1 N–H and O–H groups in total. The van der Waals surface area contributed by atoms with Crippen molar-refractivity contribution in [3.63, 3.8) is 0 Å². The maximum absolute atomic E-state index is 4.47. The number of anilines is 1. The molecule has 0 aliphatic carbocycles. The first-order valence-corrected chi connectivity index (χ1v) is 12.1. The molecule has 4 heterocycles. The minimum Gasteiger partial charge on any atom is -0.366 e. The standard InChI is InChI=1S/C26H34N7/c1-3-32(14-18-33-15-11-31(12-16-33)13-17-33)23-9-10-24(21(2)19-23)27-29-26-20-25(28-30-26)22-7-5-4-6-8-22/h4-10,19-20H,3,11-18H2,1-2H3,(H,28,30)/q+1/b29-27+. The van der Waals surface area contributed by atoms with E-state index in [0.717, 1.165) is 35.6 Å². The van der Waals surface area contributed by atoms with E-state index in [4.69, 9.17) is 0 Å². The maximum Gasteiger partial charge on any atom is 0.196 e. The molecule has 3 fully saturated rings. The smallest absolute Gasteiger partial charge is 0.196 e. The van der Waals surface area contributed by atoms with Crippen LogP contribution in [0.3, 0.4) is 0 Å². The van der Waals surface area contributed by atoms with E-state index in [1.54, 1.807) is 0 Å². The van der Waals surface area contributed by atoms with E-state index in [0.29, 0.717) is 5.82 Å². The lowest BCUT2D eigenvalue weighted by Crippen LogP contribution is -2.68. The Labute approximate surface area is 196 Å². The van der Waals surface area contributed by atoms with Gasteiger partial charge in [0.05, 0.1) is 44.1 Å². The molecular formula is C26H34N7+. The number of hydrogen-bond acceptors (Lipinski definition) is 5. The summed E-state index contributed by atoms with van der Waals surface area (Å²) in [6, 6.07) is 18.5. The molecule has 172 valence electrons. The van der Waals surface area contributed by atoms with Gasteiger partial charge >= 0.3 is 0 Å². The van der Waals surface area contributed by atoms with E-state index < -0.39 is 0 Å². The average Bonchev–Trinajstić information content (AvgIpc) is 3.35. The van der Waals surface area contributed by atoms with Crippen LogP contribution in [-0.2, 0) is 0 Å². The number of benzene rings is 2. The van der Waals surface area contributed by atoms with Crippen molar-refractivity contribution in [3.05, 3.63) is 60.2 Å². The van der Waals surface area contributed by atoms with Crippen LogP contribution in [0.1, 0.15) is 12.5 Å². The van der Waals surface area contributed by atoms with Crippen molar-refractivity contribution in [1.29, 1.82) is 0 Å². The third-order valence-corrected chi connectivity index (χ3v) is 7.35. The highest BCUT2D eigenvalue weighted by Crippen LogP contribution is 2.28. The third-order valence-electron chi connectivity index (χ3n) is 7.35. The molecule has 7 heteroatoms. The Bertz CT molecular complexity index is 1080. The van der Waals surface area contributed by atoms with Gasteiger partial charge in [-0.05, 0) is 43.2 Å². The van der Waals surface area contributed by atoms with Crippen molar-refractivity contribution >= 4 is 17.2 Å². The third kappa shape index (κ3) is 4.84. The fraction of sp³-hybridized carbons (Fsp3) is 0.423. The molecule has 33 heavy (non-hydrogen) atoms. The van der Waals surface area contributed by atoms with E-state index in [1.807, 2.05) is 36.4 Å². The number of fused-ring (bicyclic) bond motifs is 3. The van der Waals surface area contributed by atoms with E-state index in [2.05, 4.69) is 62.3 Å². The van der Waals surface area contributed by atoms with E-state index in [-0.39, 0.29) is 0 Å². The topological polar surface area (TPSA) is 59.9 Å². The number of azo groups is 1. The van der Waals surface area contributed by atoms with Crippen LogP contribution in [-0.4, -0.2) is 78.5 Å². The van der Waals surface area contributed by atoms with Gasteiger partial charge in [0, 0.05) is 37.9 Å². The predicted molar refractivity (Wildman–Crippen MR) is 133 cm³/mol. The summed E-state index contributed by atoms with van der Waals surface area (Å²) in [4.78, 5) is 5.11. The fourth-order valence-corrected chi connectivity index (χ4v) is 5.05. The number of piperazine rings is 3. The number of nitrogens with zero attached hydrogens (tertiary/aromatic N) is 6. The Balaban J connectivity index is 1.24. The summed E-state index contributed by atoms with van der Waals surface area (Å²) in [5.41, 5.74) is 5.31. The van der Waals surface area contributed by atoms with Gasteiger partial charge in [-0.25, -0.2) is 0 Å². The second kappa shape index (κ2) is 9.45. The molecule has 1 aromatic heterocycles. The molecular weight excluding hydrogens is 410 g/mol. The van der Waals surface area contributed by atoms with Crippen LogP contribution in [0.15, 0.2) is 64.8 Å². The van der Waals surface area contributed by atoms with Gasteiger partial charge in [-0.2, -0.15) is 5.10 Å². The Hall–Kier alpha value is -3.03. The van der Waals surface area contributed by atoms with Gasteiger partial charge in [0.25, 0.3) is 0 Å². The quantitative estimate of drug-likeness (QED) is 0.402. The molecule has 0 spiro atoms. The zero-order valence-corrected chi connectivity index (χ0v) is 19.7. The number of aromatic nitrogens is 2. The molecule has 3 aliphatic heterocycles. The highest BCUT2D eigenvalue weighted by molar-refractivity contribution is 5.62. The first kappa shape index (κ1) is 21.8. The summed E-state index contributed by atoms with van der Waals surface area (Å²) in [6.07, 6.45) is 0. The SMILES string of the molecule is CCN(CC[N+]12CCN(CC1)CC2)c1ccc(/N=N/c2cc(-c3ccccc3)[nH]n2)c(C)c1. The van der Waals surface area contributed by atoms with Crippen molar-refractivity contribution in [2.75, 3.05) is 63.8 Å². The lowest BCUT2D eigenvalue weighted by Gasteiger charge is -2.51. The van der Waals surface area contributed by atoms with Gasteiger partial charge in [0.15, 0.2) is 5.82 Å². The van der Waals surface area contributed by atoms with Crippen LogP contribution in [0.25, 0.3) is 11.3 Å². The van der Waals surface area contributed by atoms with Crippen LogP contribution in [0, 0.1) is 6.92 Å². The monoisotopic (exact) mass is 444 g/mol. The highest BCUT2D eigenvalue weighted by atomic mass is 15.5. The molecule has 0 saturated carbocycles. The van der Waals surface area contributed by atoms with E-state index in [9.17, 15) is 0 Å². The highest BCUT2D eigenvalue weighted by Gasteiger charge is 2.38. The normalized spacial score (nSPS) is 22.2. The number of aromatic amines is 1.